The standard InChI is InChI=1S/C27H27N5O4/c1-18-5-8-22(14-29-18)36-25-10-7-21(13-20(25)15-33)32-27-23-12-19(6-9-24(23)30-17-31-27)4-3-11-28-26(34)16-35-2/h3-10,12-14,17,33H,11,15-16H2,1-2H3,(H,28,34)(H,30,31,32). The lowest BCUT2D eigenvalue weighted by atomic mass is 10.1. The van der Waals surface area contributed by atoms with Gasteiger partial charge in [-0.2, -0.15) is 0 Å². The quantitative estimate of drug-likeness (QED) is 0.307. The van der Waals surface area contributed by atoms with E-state index >= 15 is 0 Å². The van der Waals surface area contributed by atoms with Crippen LogP contribution in [-0.2, 0) is 16.1 Å². The van der Waals surface area contributed by atoms with Crippen LogP contribution in [0.5, 0.6) is 11.5 Å². The van der Waals surface area contributed by atoms with Gasteiger partial charge in [-0.25, -0.2) is 9.97 Å². The van der Waals surface area contributed by atoms with Crippen LogP contribution in [0.25, 0.3) is 17.0 Å². The predicted octanol–water partition coefficient (Wildman–Crippen LogP) is 4.14. The van der Waals surface area contributed by atoms with E-state index in [1.807, 2.05) is 61.5 Å². The highest BCUT2D eigenvalue weighted by molar-refractivity contribution is 5.92. The molecule has 9 heteroatoms. The summed E-state index contributed by atoms with van der Waals surface area (Å²) in [4.78, 5) is 24.5. The lowest BCUT2D eigenvalue weighted by Gasteiger charge is -2.13. The van der Waals surface area contributed by atoms with Crippen molar-refractivity contribution in [3.63, 3.8) is 0 Å². The van der Waals surface area contributed by atoms with Crippen LogP contribution in [0, 0.1) is 6.92 Å². The Bertz CT molecular complexity index is 1370. The third-order valence-corrected chi connectivity index (χ3v) is 5.27. The molecule has 2 aromatic carbocycles. The summed E-state index contributed by atoms with van der Waals surface area (Å²) in [5.41, 5.74) is 3.99. The van der Waals surface area contributed by atoms with Gasteiger partial charge in [0.25, 0.3) is 0 Å². The lowest BCUT2D eigenvalue weighted by Crippen LogP contribution is -2.26. The van der Waals surface area contributed by atoms with Crippen LogP contribution in [0.2, 0.25) is 0 Å². The fourth-order valence-corrected chi connectivity index (χ4v) is 3.49. The molecule has 184 valence electrons. The first-order valence-corrected chi connectivity index (χ1v) is 11.3. The van der Waals surface area contributed by atoms with Crippen LogP contribution in [0.1, 0.15) is 16.8 Å². The lowest BCUT2D eigenvalue weighted by molar-refractivity contribution is -0.124. The number of aliphatic hydroxyl groups is 1. The van der Waals surface area contributed by atoms with E-state index in [0.29, 0.717) is 29.4 Å². The van der Waals surface area contributed by atoms with Gasteiger partial charge in [0.05, 0.1) is 18.3 Å². The summed E-state index contributed by atoms with van der Waals surface area (Å²) in [7, 11) is 1.48. The second-order valence-corrected chi connectivity index (χ2v) is 7.98. The molecule has 0 saturated carbocycles. The molecule has 0 aliphatic carbocycles. The van der Waals surface area contributed by atoms with Crippen molar-refractivity contribution in [3.8, 4) is 11.5 Å². The van der Waals surface area contributed by atoms with Crippen LogP contribution >= 0.6 is 0 Å². The number of aryl methyl sites for hydroxylation is 1. The summed E-state index contributed by atoms with van der Waals surface area (Å²) in [6, 6.07) is 15.0. The molecule has 2 aromatic heterocycles. The second kappa shape index (κ2) is 11.9. The fraction of sp³-hybridized carbons (Fsp3) is 0.185. The molecule has 1 amide bonds. The zero-order valence-electron chi connectivity index (χ0n) is 20.1. The highest BCUT2D eigenvalue weighted by Gasteiger charge is 2.09. The maximum Gasteiger partial charge on any atom is 0.246 e. The van der Waals surface area contributed by atoms with E-state index in [2.05, 4.69) is 25.6 Å². The van der Waals surface area contributed by atoms with Crippen LogP contribution < -0.4 is 15.4 Å². The number of nitrogens with one attached hydrogen (secondary N) is 2. The number of aromatic nitrogens is 3. The number of fused-ring (bicyclic) bond motifs is 1. The number of anilines is 2. The van der Waals surface area contributed by atoms with Crippen LogP contribution in [0.3, 0.4) is 0 Å². The molecule has 3 N–H and O–H groups in total. The molecule has 0 fully saturated rings. The molecule has 0 spiro atoms. The molecular formula is C27H27N5O4. The van der Waals surface area contributed by atoms with Gasteiger partial charge in [-0.3, -0.25) is 9.78 Å². The minimum Gasteiger partial charge on any atom is -0.455 e. The Hall–Kier alpha value is -4.34. The maximum atomic E-state index is 11.5. The monoisotopic (exact) mass is 485 g/mol. The average molecular weight is 486 g/mol. The molecule has 4 aromatic rings. The van der Waals surface area contributed by atoms with Gasteiger partial charge >= 0.3 is 0 Å². The van der Waals surface area contributed by atoms with Crippen molar-refractivity contribution in [1.29, 1.82) is 0 Å². The van der Waals surface area contributed by atoms with Gasteiger partial charge in [-0.1, -0.05) is 18.2 Å². The Morgan fingerprint density at radius 2 is 1.97 bits per heavy atom. The van der Waals surface area contributed by atoms with Crippen molar-refractivity contribution in [2.45, 2.75) is 13.5 Å². The first-order chi connectivity index (χ1) is 17.6. The SMILES string of the molecule is COCC(=O)NCC=Cc1ccc2ncnc(Nc3ccc(Oc4ccc(C)nc4)c(CO)c3)c2c1. The Morgan fingerprint density at radius 1 is 1.08 bits per heavy atom. The van der Waals surface area contributed by atoms with Gasteiger partial charge in [-0.05, 0) is 55.0 Å². The number of carbonyl (C=O) groups is 1. The topological polar surface area (TPSA) is 118 Å². The van der Waals surface area contributed by atoms with Crippen molar-refractivity contribution in [1.82, 2.24) is 20.3 Å². The normalized spacial score (nSPS) is 11.1. The molecule has 36 heavy (non-hydrogen) atoms. The van der Waals surface area contributed by atoms with Crippen molar-refractivity contribution in [2.75, 3.05) is 25.6 Å². The highest BCUT2D eigenvalue weighted by Crippen LogP contribution is 2.30. The predicted molar refractivity (Wildman–Crippen MR) is 138 cm³/mol. The number of ether oxygens (including phenoxy) is 2. The minimum atomic E-state index is -0.190. The van der Waals surface area contributed by atoms with Gasteiger partial charge < -0.3 is 25.2 Å². The van der Waals surface area contributed by atoms with Crippen molar-refractivity contribution in [3.05, 3.63) is 84.0 Å². The first kappa shape index (κ1) is 24.8. The number of carbonyl (C=O) groups excluding carboxylic acids is 1. The third-order valence-electron chi connectivity index (χ3n) is 5.27. The van der Waals surface area contributed by atoms with Crippen molar-refractivity contribution >= 4 is 34.4 Å². The smallest absolute Gasteiger partial charge is 0.246 e. The van der Waals surface area contributed by atoms with E-state index in [0.717, 1.165) is 27.8 Å². The number of methoxy groups -OCH3 is 1. The molecule has 0 radical (unpaired) electrons. The summed E-state index contributed by atoms with van der Waals surface area (Å²) >= 11 is 0. The summed E-state index contributed by atoms with van der Waals surface area (Å²) in [6.07, 6.45) is 6.93. The van der Waals surface area contributed by atoms with E-state index in [1.54, 1.807) is 12.3 Å². The molecule has 0 aliphatic rings. The molecule has 0 saturated heterocycles. The third kappa shape index (κ3) is 6.41. The molecule has 9 nitrogen and oxygen atoms in total. The summed E-state index contributed by atoms with van der Waals surface area (Å²) in [6.45, 7) is 2.14. The Kier molecular flexibility index (Phi) is 8.17. The minimum absolute atomic E-state index is 0.0322. The summed E-state index contributed by atoms with van der Waals surface area (Å²) in [5, 5.41) is 16.8. The van der Waals surface area contributed by atoms with Crippen molar-refractivity contribution < 1.29 is 19.4 Å². The maximum absolute atomic E-state index is 11.5. The number of hydrogen-bond donors (Lipinski definition) is 3. The number of aliphatic hydroxyl groups excluding tert-OH is 1. The number of rotatable bonds is 10. The molecule has 0 unspecified atom stereocenters. The van der Waals surface area contributed by atoms with Crippen LogP contribution in [0.15, 0.2) is 67.1 Å². The molecule has 4 rings (SSSR count). The van der Waals surface area contributed by atoms with Crippen molar-refractivity contribution in [2.24, 2.45) is 0 Å². The molecular weight excluding hydrogens is 458 g/mol. The summed E-state index contributed by atoms with van der Waals surface area (Å²) < 4.78 is 10.7. The molecule has 0 atom stereocenters. The Balaban J connectivity index is 1.52. The number of benzene rings is 2. The highest BCUT2D eigenvalue weighted by atomic mass is 16.5. The number of pyridine rings is 1. The van der Waals surface area contributed by atoms with Gasteiger partial charge in [0.2, 0.25) is 5.91 Å². The van der Waals surface area contributed by atoms with Crippen LogP contribution in [0.4, 0.5) is 11.5 Å². The first-order valence-electron chi connectivity index (χ1n) is 11.3. The van der Waals surface area contributed by atoms with E-state index in [9.17, 15) is 9.90 Å². The number of nitrogens with zero attached hydrogens (tertiary/aromatic N) is 3. The molecule has 0 aliphatic heterocycles. The van der Waals surface area contributed by atoms with Gasteiger partial charge in [-0.15, -0.1) is 0 Å². The fourth-order valence-electron chi connectivity index (χ4n) is 3.49. The zero-order valence-corrected chi connectivity index (χ0v) is 20.1. The number of hydrogen-bond acceptors (Lipinski definition) is 8. The van der Waals surface area contributed by atoms with E-state index in [-0.39, 0.29) is 19.1 Å². The Morgan fingerprint density at radius 3 is 2.75 bits per heavy atom. The van der Waals surface area contributed by atoms with Gasteiger partial charge in [0.15, 0.2) is 0 Å². The molecule has 0 bridgehead atoms. The Labute approximate surface area is 208 Å². The van der Waals surface area contributed by atoms with Gasteiger partial charge in [0, 0.05) is 36.0 Å². The average Bonchev–Trinajstić information content (AvgIpc) is 2.89. The van der Waals surface area contributed by atoms with E-state index in [1.165, 1.54) is 13.4 Å². The second-order valence-electron chi connectivity index (χ2n) is 7.98. The number of amides is 1. The largest absolute Gasteiger partial charge is 0.455 e. The molecule has 2 heterocycles. The van der Waals surface area contributed by atoms with E-state index < -0.39 is 0 Å². The zero-order chi connectivity index (χ0) is 25.3. The van der Waals surface area contributed by atoms with Crippen LogP contribution in [-0.4, -0.2) is 46.2 Å². The summed E-state index contributed by atoms with van der Waals surface area (Å²) in [5.74, 6) is 1.60. The van der Waals surface area contributed by atoms with E-state index in [4.69, 9.17) is 9.47 Å². The van der Waals surface area contributed by atoms with Gasteiger partial charge in [0.1, 0.15) is 30.3 Å².